The fourth-order valence-corrected chi connectivity index (χ4v) is 3.36. The molecule has 1 amide bonds. The first kappa shape index (κ1) is 20.6. The number of aromatic amines is 1. The monoisotopic (exact) mass is 456 g/mol. The van der Waals surface area contributed by atoms with E-state index in [-0.39, 0.29) is 22.7 Å². The molecule has 0 saturated carbocycles. The van der Waals surface area contributed by atoms with Gasteiger partial charge < -0.3 is 19.4 Å². The number of amides is 1. The second kappa shape index (κ2) is 7.39. The number of imidazole rings is 2. The van der Waals surface area contributed by atoms with Gasteiger partial charge in [0.1, 0.15) is 17.5 Å². The van der Waals surface area contributed by atoms with Crippen molar-refractivity contribution in [1.82, 2.24) is 40.0 Å². The zero-order valence-corrected chi connectivity index (χ0v) is 17.2. The van der Waals surface area contributed by atoms with Gasteiger partial charge in [0.15, 0.2) is 22.9 Å². The van der Waals surface area contributed by atoms with Gasteiger partial charge in [-0.1, -0.05) is 5.16 Å². The molecule has 2 N–H and O–H groups in total. The van der Waals surface area contributed by atoms with Gasteiger partial charge in [0, 0.05) is 13.1 Å². The van der Waals surface area contributed by atoms with Crippen molar-refractivity contribution in [3.63, 3.8) is 0 Å². The smallest absolute Gasteiger partial charge is 0.358 e. The van der Waals surface area contributed by atoms with Gasteiger partial charge >= 0.3 is 6.18 Å². The molecular weight excluding hydrogens is 441 g/mol. The second-order valence-corrected chi connectivity index (χ2v) is 7.37. The molecule has 0 spiro atoms. The summed E-state index contributed by atoms with van der Waals surface area (Å²) in [5.41, 5.74) is 1.07. The Morgan fingerprint density at radius 3 is 2.82 bits per heavy atom. The van der Waals surface area contributed by atoms with Gasteiger partial charge in [-0.3, -0.25) is 4.79 Å². The molecular formula is C20H15F3N8O2. The number of H-pyrrole nitrogens is 1. The number of nitrogens with one attached hydrogen (secondary N) is 2. The van der Waals surface area contributed by atoms with Crippen molar-refractivity contribution >= 4 is 28.1 Å². The quantitative estimate of drug-likeness (QED) is 0.424. The fraction of sp³-hybridized carbons (Fsp3) is 0.200. The molecule has 4 heterocycles. The minimum Gasteiger partial charge on any atom is -0.358 e. The number of benzene rings is 1. The molecule has 1 atom stereocenters. The van der Waals surface area contributed by atoms with Crippen LogP contribution in [0, 0.1) is 0 Å². The third-order valence-electron chi connectivity index (χ3n) is 5.07. The number of aromatic nitrogens is 7. The van der Waals surface area contributed by atoms with E-state index in [2.05, 4.69) is 35.4 Å². The van der Waals surface area contributed by atoms with Crippen LogP contribution in [0.5, 0.6) is 0 Å². The Morgan fingerprint density at radius 2 is 2.03 bits per heavy atom. The number of carbonyl (C=O) groups excluding carboxylic acids is 1. The Bertz CT molecular complexity index is 1500. The van der Waals surface area contributed by atoms with Crippen molar-refractivity contribution in [3.8, 4) is 11.5 Å². The van der Waals surface area contributed by atoms with E-state index in [4.69, 9.17) is 4.52 Å². The molecule has 168 valence electrons. The molecule has 5 aromatic rings. The van der Waals surface area contributed by atoms with Crippen molar-refractivity contribution in [2.24, 2.45) is 7.05 Å². The Morgan fingerprint density at radius 1 is 1.21 bits per heavy atom. The first-order valence-corrected chi connectivity index (χ1v) is 9.67. The average molecular weight is 456 g/mol. The molecule has 1 unspecified atom stereocenters. The maximum Gasteiger partial charge on any atom is 0.416 e. The molecule has 0 aliphatic heterocycles. The molecule has 5 rings (SSSR count). The third kappa shape index (κ3) is 3.66. The van der Waals surface area contributed by atoms with Crippen LogP contribution in [0.15, 0.2) is 41.4 Å². The Hall–Kier alpha value is -4.29. The molecule has 0 radical (unpaired) electrons. The van der Waals surface area contributed by atoms with Crippen LogP contribution in [-0.4, -0.2) is 40.6 Å². The zero-order valence-electron chi connectivity index (χ0n) is 17.2. The lowest BCUT2D eigenvalue weighted by Crippen LogP contribution is -2.27. The van der Waals surface area contributed by atoms with E-state index in [9.17, 15) is 18.0 Å². The number of halogens is 3. The highest BCUT2D eigenvalue weighted by molar-refractivity contribution is 6.02. The van der Waals surface area contributed by atoms with Crippen LogP contribution in [0.1, 0.15) is 34.8 Å². The van der Waals surface area contributed by atoms with Crippen molar-refractivity contribution in [1.29, 1.82) is 0 Å². The summed E-state index contributed by atoms with van der Waals surface area (Å²) in [4.78, 5) is 32.1. The molecule has 10 nitrogen and oxygen atoms in total. The van der Waals surface area contributed by atoms with Crippen LogP contribution in [0.4, 0.5) is 13.2 Å². The van der Waals surface area contributed by atoms with Gasteiger partial charge in [0.2, 0.25) is 0 Å². The summed E-state index contributed by atoms with van der Waals surface area (Å²) in [7, 11) is 1.75. The average Bonchev–Trinajstić information content (AvgIpc) is 3.50. The fourth-order valence-electron chi connectivity index (χ4n) is 3.36. The molecule has 0 aliphatic rings. The molecule has 0 fully saturated rings. The SMILES string of the molecule is CC(NC(=O)c1ncnc2c1ncn2C)c1cc(-c2nc3ccc(C(F)(F)F)cc3[nH]2)no1. The first-order valence-electron chi connectivity index (χ1n) is 9.67. The van der Waals surface area contributed by atoms with E-state index < -0.39 is 23.7 Å². The van der Waals surface area contributed by atoms with E-state index in [1.807, 2.05) is 0 Å². The summed E-state index contributed by atoms with van der Waals surface area (Å²) in [5.74, 6) is 0.0833. The molecule has 0 saturated heterocycles. The number of hydrogen-bond donors (Lipinski definition) is 2. The number of hydrogen-bond acceptors (Lipinski definition) is 7. The van der Waals surface area contributed by atoms with Crippen molar-refractivity contribution < 1.29 is 22.5 Å². The number of alkyl halides is 3. The van der Waals surface area contributed by atoms with Crippen molar-refractivity contribution in [2.45, 2.75) is 19.1 Å². The van der Waals surface area contributed by atoms with Gasteiger partial charge in [-0.05, 0) is 25.1 Å². The molecule has 33 heavy (non-hydrogen) atoms. The van der Waals surface area contributed by atoms with Gasteiger partial charge in [-0.25, -0.2) is 19.9 Å². The maximum atomic E-state index is 12.9. The third-order valence-corrected chi connectivity index (χ3v) is 5.07. The number of nitrogens with zero attached hydrogens (tertiary/aromatic N) is 6. The van der Waals surface area contributed by atoms with Crippen molar-refractivity contribution in [3.05, 3.63) is 53.9 Å². The van der Waals surface area contributed by atoms with Crippen LogP contribution in [-0.2, 0) is 13.2 Å². The minimum atomic E-state index is -4.46. The van der Waals surface area contributed by atoms with E-state index in [0.29, 0.717) is 22.4 Å². The lowest BCUT2D eigenvalue weighted by atomic mass is 10.2. The number of carbonyl (C=O) groups is 1. The van der Waals surface area contributed by atoms with E-state index in [1.54, 1.807) is 24.6 Å². The highest BCUT2D eigenvalue weighted by atomic mass is 19.4. The van der Waals surface area contributed by atoms with Gasteiger partial charge in [-0.2, -0.15) is 13.2 Å². The van der Waals surface area contributed by atoms with Crippen LogP contribution in [0.3, 0.4) is 0 Å². The summed E-state index contributed by atoms with van der Waals surface area (Å²) < 4.78 is 45.8. The summed E-state index contributed by atoms with van der Waals surface area (Å²) in [6.45, 7) is 1.69. The van der Waals surface area contributed by atoms with Crippen LogP contribution < -0.4 is 5.32 Å². The Balaban J connectivity index is 1.37. The minimum absolute atomic E-state index is 0.116. The number of rotatable bonds is 4. The van der Waals surface area contributed by atoms with Crippen molar-refractivity contribution in [2.75, 3.05) is 0 Å². The Kier molecular flexibility index (Phi) is 4.62. The van der Waals surface area contributed by atoms with E-state index in [0.717, 1.165) is 12.1 Å². The summed E-state index contributed by atoms with van der Waals surface area (Å²) in [6.07, 6.45) is -1.64. The highest BCUT2D eigenvalue weighted by Gasteiger charge is 2.31. The second-order valence-electron chi connectivity index (χ2n) is 7.37. The molecule has 0 bridgehead atoms. The first-order chi connectivity index (χ1) is 15.7. The van der Waals surface area contributed by atoms with Crippen LogP contribution in [0.2, 0.25) is 0 Å². The number of aryl methyl sites for hydroxylation is 1. The summed E-state index contributed by atoms with van der Waals surface area (Å²) in [6, 6.07) is 4.18. The topological polar surface area (TPSA) is 127 Å². The van der Waals surface area contributed by atoms with Crippen LogP contribution in [0.25, 0.3) is 33.7 Å². The standard InChI is InChI=1S/C20H15F3N8O2/c1-9(27-19(32)16-15-18(25-7-24-16)31(2)8-26-15)14-6-13(30-33-14)17-28-11-4-3-10(20(21,22)23)5-12(11)29-17/h3-9H,1-2H3,(H,27,32)(H,28,29). The molecule has 1 aromatic carbocycles. The zero-order chi connectivity index (χ0) is 23.3. The van der Waals surface area contributed by atoms with E-state index in [1.165, 1.54) is 18.7 Å². The normalized spacial score (nSPS) is 13.0. The summed E-state index contributed by atoms with van der Waals surface area (Å²) >= 11 is 0. The highest BCUT2D eigenvalue weighted by Crippen LogP contribution is 2.32. The molecule has 13 heteroatoms. The number of fused-ring (bicyclic) bond motifs is 2. The van der Waals surface area contributed by atoms with E-state index >= 15 is 0 Å². The predicted molar refractivity (Wildman–Crippen MR) is 109 cm³/mol. The summed E-state index contributed by atoms with van der Waals surface area (Å²) in [5, 5.41) is 6.69. The predicted octanol–water partition coefficient (Wildman–Crippen LogP) is 3.40. The molecule has 0 aliphatic carbocycles. The van der Waals surface area contributed by atoms with Gasteiger partial charge in [0.25, 0.3) is 5.91 Å². The van der Waals surface area contributed by atoms with Gasteiger partial charge in [-0.15, -0.1) is 0 Å². The lowest BCUT2D eigenvalue weighted by molar-refractivity contribution is -0.137. The Labute approximate surface area is 182 Å². The van der Waals surface area contributed by atoms with Gasteiger partial charge in [0.05, 0.1) is 29.0 Å². The molecule has 4 aromatic heterocycles. The lowest BCUT2D eigenvalue weighted by Gasteiger charge is -2.10. The largest absolute Gasteiger partial charge is 0.416 e. The maximum absolute atomic E-state index is 12.9. The van der Waals surface area contributed by atoms with Crippen LogP contribution >= 0.6 is 0 Å².